The molecule has 0 radical (unpaired) electrons. The number of hydrogen-bond donors (Lipinski definition) is 0. The Labute approximate surface area is 151 Å². The quantitative estimate of drug-likeness (QED) is 0.654. The monoisotopic (exact) mass is 338 g/mol. The molecule has 0 unspecified atom stereocenters. The molecule has 1 aromatic carbocycles. The first-order valence-electron chi connectivity index (χ1n) is 9.55. The Balaban J connectivity index is 1.68. The van der Waals surface area contributed by atoms with Gasteiger partial charge in [-0.3, -0.25) is 0 Å². The third-order valence-corrected chi connectivity index (χ3v) is 6.42. The molecule has 2 nitrogen and oxygen atoms in total. The predicted molar refractivity (Wildman–Crippen MR) is 103 cm³/mol. The van der Waals surface area contributed by atoms with Crippen molar-refractivity contribution in [2.75, 3.05) is 7.11 Å². The molecule has 0 N–H and O–H groups in total. The highest BCUT2D eigenvalue weighted by molar-refractivity contribution is 5.62. The maximum atomic E-state index is 6.46. The van der Waals surface area contributed by atoms with E-state index in [1.165, 1.54) is 17.5 Å². The number of methoxy groups -OCH3 is 1. The number of fused-ring (bicyclic) bond motifs is 5. The standard InChI is InChI=1S/C23H30O2/c1-22(2,3)25-21-11-10-20-19-8-6-15-14-16(24-5)7-9-17(15)18(19)12-13-23(20,21)4/h6-9,12-14,18-21H,10-11H2,1-5H3/t18-,19+,20-,21-,23-/m0/s1. The van der Waals surface area contributed by atoms with Crippen molar-refractivity contribution in [3.05, 3.63) is 47.6 Å². The minimum absolute atomic E-state index is 0.0845. The summed E-state index contributed by atoms with van der Waals surface area (Å²) in [5.41, 5.74) is 2.79. The van der Waals surface area contributed by atoms with Crippen LogP contribution in [-0.2, 0) is 4.74 Å². The van der Waals surface area contributed by atoms with Gasteiger partial charge in [0.1, 0.15) is 5.75 Å². The van der Waals surface area contributed by atoms with Gasteiger partial charge in [0.2, 0.25) is 0 Å². The highest BCUT2D eigenvalue weighted by Crippen LogP contribution is 2.58. The Morgan fingerprint density at radius 1 is 1.12 bits per heavy atom. The summed E-state index contributed by atoms with van der Waals surface area (Å²) in [5, 5.41) is 0. The van der Waals surface area contributed by atoms with Crippen LogP contribution in [0, 0.1) is 17.3 Å². The average molecular weight is 338 g/mol. The van der Waals surface area contributed by atoms with Crippen molar-refractivity contribution >= 4 is 6.08 Å². The van der Waals surface area contributed by atoms with Crippen molar-refractivity contribution in [1.82, 2.24) is 0 Å². The lowest BCUT2D eigenvalue weighted by Gasteiger charge is -2.46. The first-order valence-corrected chi connectivity index (χ1v) is 9.55. The third-order valence-electron chi connectivity index (χ3n) is 6.42. The van der Waals surface area contributed by atoms with Gasteiger partial charge in [-0.15, -0.1) is 0 Å². The zero-order valence-electron chi connectivity index (χ0n) is 16.1. The van der Waals surface area contributed by atoms with E-state index in [9.17, 15) is 0 Å². The van der Waals surface area contributed by atoms with Crippen LogP contribution in [0.4, 0.5) is 0 Å². The summed E-state index contributed by atoms with van der Waals surface area (Å²) in [6.45, 7) is 8.92. The van der Waals surface area contributed by atoms with Crippen LogP contribution in [0.5, 0.6) is 5.75 Å². The first kappa shape index (κ1) is 16.9. The Kier molecular flexibility index (Phi) is 3.88. The molecule has 134 valence electrons. The molecular weight excluding hydrogens is 308 g/mol. The summed E-state index contributed by atoms with van der Waals surface area (Å²) >= 11 is 0. The van der Waals surface area contributed by atoms with Crippen LogP contribution in [0.3, 0.4) is 0 Å². The fourth-order valence-corrected chi connectivity index (χ4v) is 5.24. The molecule has 0 spiro atoms. The van der Waals surface area contributed by atoms with Crippen LogP contribution in [-0.4, -0.2) is 18.8 Å². The van der Waals surface area contributed by atoms with E-state index in [1.807, 2.05) is 0 Å². The van der Waals surface area contributed by atoms with Crippen molar-refractivity contribution in [3.8, 4) is 5.75 Å². The summed E-state index contributed by atoms with van der Waals surface area (Å²) in [6.07, 6.45) is 12.4. The van der Waals surface area contributed by atoms with E-state index in [1.54, 1.807) is 7.11 Å². The maximum absolute atomic E-state index is 6.46. The lowest BCUT2D eigenvalue weighted by atomic mass is 9.60. The van der Waals surface area contributed by atoms with Crippen LogP contribution in [0.2, 0.25) is 0 Å². The first-order chi connectivity index (χ1) is 11.8. The van der Waals surface area contributed by atoms with Crippen LogP contribution in [0.15, 0.2) is 36.4 Å². The molecule has 0 amide bonds. The zero-order valence-corrected chi connectivity index (χ0v) is 16.1. The molecule has 4 rings (SSSR count). The summed E-state index contributed by atoms with van der Waals surface area (Å²) in [6, 6.07) is 6.50. The molecule has 1 fully saturated rings. The van der Waals surface area contributed by atoms with Gasteiger partial charge in [-0.25, -0.2) is 0 Å². The van der Waals surface area contributed by atoms with E-state index < -0.39 is 0 Å². The molecule has 1 aromatic rings. The molecule has 0 aromatic heterocycles. The van der Waals surface area contributed by atoms with Crippen molar-refractivity contribution in [1.29, 1.82) is 0 Å². The second-order valence-electron chi connectivity index (χ2n) is 9.08. The smallest absolute Gasteiger partial charge is 0.119 e. The van der Waals surface area contributed by atoms with Gasteiger partial charge in [0.05, 0.1) is 18.8 Å². The summed E-state index contributed by atoms with van der Waals surface area (Å²) in [7, 11) is 1.73. The number of ether oxygens (including phenoxy) is 2. The van der Waals surface area contributed by atoms with E-state index in [0.717, 1.165) is 12.2 Å². The van der Waals surface area contributed by atoms with E-state index in [2.05, 4.69) is 70.2 Å². The van der Waals surface area contributed by atoms with Crippen LogP contribution < -0.4 is 4.74 Å². The number of allylic oxidation sites excluding steroid dienone is 2. The fourth-order valence-electron chi connectivity index (χ4n) is 5.24. The van der Waals surface area contributed by atoms with Crippen molar-refractivity contribution in [3.63, 3.8) is 0 Å². The minimum Gasteiger partial charge on any atom is -0.497 e. The second kappa shape index (κ2) is 5.74. The van der Waals surface area contributed by atoms with Crippen LogP contribution >= 0.6 is 0 Å². The molecular formula is C23H30O2. The van der Waals surface area contributed by atoms with Crippen LogP contribution in [0.1, 0.15) is 57.6 Å². The van der Waals surface area contributed by atoms with Crippen molar-refractivity contribution in [2.45, 2.75) is 58.2 Å². The molecule has 1 saturated carbocycles. The summed E-state index contributed by atoms with van der Waals surface area (Å²) < 4.78 is 11.9. The lowest BCUT2D eigenvalue weighted by Crippen LogP contribution is -2.42. The lowest BCUT2D eigenvalue weighted by molar-refractivity contribution is -0.0987. The van der Waals surface area contributed by atoms with Gasteiger partial charge in [0.25, 0.3) is 0 Å². The van der Waals surface area contributed by atoms with E-state index >= 15 is 0 Å². The zero-order chi connectivity index (χ0) is 17.8. The Morgan fingerprint density at radius 3 is 2.64 bits per heavy atom. The largest absolute Gasteiger partial charge is 0.497 e. The van der Waals surface area contributed by atoms with Crippen molar-refractivity contribution < 1.29 is 9.47 Å². The Morgan fingerprint density at radius 2 is 1.92 bits per heavy atom. The van der Waals surface area contributed by atoms with E-state index in [-0.39, 0.29) is 11.0 Å². The van der Waals surface area contributed by atoms with E-state index in [4.69, 9.17) is 9.47 Å². The SMILES string of the molecule is COc1ccc2c(c1)C=C[C@@H]1[C@H]2C=C[C@]2(C)[C@@H](OC(C)(C)C)CC[C@@H]12. The number of rotatable bonds is 2. The van der Waals surface area contributed by atoms with Crippen molar-refractivity contribution in [2.24, 2.45) is 17.3 Å². The van der Waals surface area contributed by atoms with Crippen LogP contribution in [0.25, 0.3) is 6.08 Å². The molecule has 5 atom stereocenters. The predicted octanol–water partition coefficient (Wildman–Crippen LogP) is 5.59. The topological polar surface area (TPSA) is 18.5 Å². The normalized spacial score (nSPS) is 35.9. The van der Waals surface area contributed by atoms with Gasteiger partial charge < -0.3 is 9.47 Å². The molecule has 25 heavy (non-hydrogen) atoms. The van der Waals surface area contributed by atoms with Gasteiger partial charge in [0.15, 0.2) is 0 Å². The minimum atomic E-state index is -0.0845. The fraction of sp³-hybridized carbons (Fsp3) is 0.565. The molecule has 0 heterocycles. The molecule has 3 aliphatic rings. The summed E-state index contributed by atoms with van der Waals surface area (Å²) in [5.74, 6) is 2.65. The molecule has 3 aliphatic carbocycles. The molecule has 0 aliphatic heterocycles. The molecule has 0 bridgehead atoms. The summed E-state index contributed by atoms with van der Waals surface area (Å²) in [4.78, 5) is 0. The molecule has 0 saturated heterocycles. The third kappa shape index (κ3) is 2.75. The van der Waals surface area contributed by atoms with Gasteiger partial charge in [-0.1, -0.05) is 37.3 Å². The average Bonchev–Trinajstić information content (AvgIpc) is 2.89. The van der Waals surface area contributed by atoms with Gasteiger partial charge in [-0.05, 0) is 68.7 Å². The van der Waals surface area contributed by atoms with Gasteiger partial charge in [-0.2, -0.15) is 0 Å². The highest BCUT2D eigenvalue weighted by atomic mass is 16.5. The second-order valence-corrected chi connectivity index (χ2v) is 9.08. The number of hydrogen-bond acceptors (Lipinski definition) is 2. The maximum Gasteiger partial charge on any atom is 0.119 e. The highest BCUT2D eigenvalue weighted by Gasteiger charge is 2.53. The number of benzene rings is 1. The van der Waals surface area contributed by atoms with Gasteiger partial charge >= 0.3 is 0 Å². The van der Waals surface area contributed by atoms with Gasteiger partial charge in [0, 0.05) is 11.3 Å². The Hall–Kier alpha value is -1.54. The molecule has 2 heteroatoms. The van der Waals surface area contributed by atoms with E-state index in [0.29, 0.717) is 23.9 Å². The Bertz CT molecular complexity index is 724.